The Bertz CT molecular complexity index is 505. The summed E-state index contributed by atoms with van der Waals surface area (Å²) in [6, 6.07) is 5.41. The summed E-state index contributed by atoms with van der Waals surface area (Å²) < 4.78 is 51.4. The van der Waals surface area contributed by atoms with Crippen molar-refractivity contribution >= 4 is 10.8 Å². The highest BCUT2D eigenvalue weighted by molar-refractivity contribution is 5.83. The van der Waals surface area contributed by atoms with Crippen LogP contribution in [0.15, 0.2) is 18.2 Å². The number of hydrogen-bond donors (Lipinski definition) is 0. The molecule has 2 aromatic carbocycles. The van der Waals surface area contributed by atoms with Gasteiger partial charge in [0.15, 0.2) is 17.5 Å². The maximum atomic E-state index is 13.0. The molecular weight excluding hydrogens is 196 g/mol. The summed E-state index contributed by atoms with van der Waals surface area (Å²) in [5.41, 5.74) is 0. The Balaban J connectivity index is 2.99. The number of hydrogen-bond acceptors (Lipinski definition) is 0. The summed E-state index contributed by atoms with van der Waals surface area (Å²) >= 11 is 0. The van der Waals surface area contributed by atoms with E-state index in [9.17, 15) is 17.6 Å². The van der Waals surface area contributed by atoms with Crippen molar-refractivity contribution in [2.75, 3.05) is 0 Å². The van der Waals surface area contributed by atoms with Crippen LogP contribution in [0, 0.1) is 29.3 Å². The molecule has 0 unspecified atom stereocenters. The van der Waals surface area contributed by atoms with Gasteiger partial charge in [0.05, 0.1) is 5.39 Å². The molecule has 0 fully saturated rings. The summed E-state index contributed by atoms with van der Waals surface area (Å²) in [6.07, 6.45) is 0. The van der Waals surface area contributed by atoms with Gasteiger partial charge in [-0.05, 0) is 11.5 Å². The van der Waals surface area contributed by atoms with Crippen LogP contribution in [0.1, 0.15) is 0 Å². The fourth-order valence-electron chi connectivity index (χ4n) is 1.23. The minimum atomic E-state index is -1.71. The Morgan fingerprint density at radius 2 is 1.64 bits per heavy atom. The predicted octanol–water partition coefficient (Wildman–Crippen LogP) is 3.20. The highest BCUT2D eigenvalue weighted by atomic mass is 19.2. The van der Waals surface area contributed by atoms with E-state index in [4.69, 9.17) is 0 Å². The molecule has 2 aromatic rings. The molecule has 0 amide bonds. The summed E-state index contributed by atoms with van der Waals surface area (Å²) in [5, 5.41) is -0.701. The summed E-state index contributed by atoms with van der Waals surface area (Å²) in [4.78, 5) is 0. The Morgan fingerprint density at radius 3 is 2.36 bits per heavy atom. The summed E-state index contributed by atoms with van der Waals surface area (Å²) in [5.74, 6) is -5.60. The molecule has 1 radical (unpaired) electrons. The molecule has 0 atom stereocenters. The van der Waals surface area contributed by atoms with Gasteiger partial charge in [0.25, 0.3) is 0 Å². The van der Waals surface area contributed by atoms with Gasteiger partial charge in [-0.25, -0.2) is 17.6 Å². The normalized spacial score (nSPS) is 10.9. The fourth-order valence-corrected chi connectivity index (χ4v) is 1.23. The molecule has 0 aliphatic heterocycles. The van der Waals surface area contributed by atoms with Gasteiger partial charge in [-0.2, -0.15) is 0 Å². The molecule has 2 rings (SSSR count). The van der Waals surface area contributed by atoms with Gasteiger partial charge in [0, 0.05) is 6.07 Å². The Labute approximate surface area is 76.8 Å². The van der Waals surface area contributed by atoms with Crippen LogP contribution in [0.4, 0.5) is 17.6 Å². The second kappa shape index (κ2) is 2.97. The Kier molecular flexibility index (Phi) is 1.91. The molecule has 71 valence electrons. The van der Waals surface area contributed by atoms with E-state index in [-0.39, 0.29) is 5.39 Å². The largest absolute Gasteiger partial charge is 0.206 e. The summed E-state index contributed by atoms with van der Waals surface area (Å²) in [7, 11) is 0. The smallest absolute Gasteiger partial charge is 0.195 e. The van der Waals surface area contributed by atoms with Crippen LogP contribution in [0.2, 0.25) is 0 Å². The Hall–Kier alpha value is -1.58. The van der Waals surface area contributed by atoms with E-state index in [1.54, 1.807) is 0 Å². The maximum absolute atomic E-state index is 13.0. The van der Waals surface area contributed by atoms with E-state index in [1.165, 1.54) is 12.1 Å². The number of benzene rings is 2. The molecule has 0 spiro atoms. The van der Waals surface area contributed by atoms with Crippen molar-refractivity contribution in [2.24, 2.45) is 0 Å². The van der Waals surface area contributed by atoms with Crippen LogP contribution >= 0.6 is 0 Å². The van der Waals surface area contributed by atoms with Crippen molar-refractivity contribution in [1.82, 2.24) is 0 Å². The molecule has 0 saturated carbocycles. The monoisotopic (exact) mass is 199 g/mol. The zero-order valence-electron chi connectivity index (χ0n) is 6.74. The molecule has 4 heteroatoms. The number of rotatable bonds is 0. The van der Waals surface area contributed by atoms with Crippen molar-refractivity contribution in [3.8, 4) is 0 Å². The lowest BCUT2D eigenvalue weighted by Gasteiger charge is -2.01. The second-order valence-electron chi connectivity index (χ2n) is 2.73. The quantitative estimate of drug-likeness (QED) is 0.451. The summed E-state index contributed by atoms with van der Waals surface area (Å²) in [6.45, 7) is 0. The van der Waals surface area contributed by atoms with Crippen molar-refractivity contribution < 1.29 is 17.6 Å². The van der Waals surface area contributed by atoms with Gasteiger partial charge in [0.2, 0.25) is 0 Å². The van der Waals surface area contributed by atoms with Crippen LogP contribution in [0.5, 0.6) is 0 Å². The zero-order chi connectivity index (χ0) is 10.3. The molecule has 0 nitrogen and oxygen atoms in total. The molecule has 0 aromatic heterocycles. The van der Waals surface area contributed by atoms with E-state index in [0.717, 1.165) is 6.07 Å². The average molecular weight is 199 g/mol. The van der Waals surface area contributed by atoms with Crippen LogP contribution in [0.25, 0.3) is 10.8 Å². The molecule has 0 bridgehead atoms. The van der Waals surface area contributed by atoms with E-state index in [0.29, 0.717) is 0 Å². The third kappa shape index (κ3) is 1.14. The maximum Gasteiger partial charge on any atom is 0.195 e. The number of halogens is 4. The third-order valence-corrected chi connectivity index (χ3v) is 1.86. The van der Waals surface area contributed by atoms with Gasteiger partial charge in [-0.1, -0.05) is 12.1 Å². The standard InChI is InChI=1S/C10H3F4/c11-6-3-1-2-5-4-7(12)9(13)10(14)8(5)6/h1-3H. The molecule has 0 N–H and O–H groups in total. The Morgan fingerprint density at radius 1 is 0.929 bits per heavy atom. The second-order valence-corrected chi connectivity index (χ2v) is 2.73. The lowest BCUT2D eigenvalue weighted by atomic mass is 10.1. The minimum Gasteiger partial charge on any atom is -0.206 e. The molecule has 14 heavy (non-hydrogen) atoms. The third-order valence-electron chi connectivity index (χ3n) is 1.86. The van der Waals surface area contributed by atoms with Gasteiger partial charge in [0.1, 0.15) is 5.82 Å². The van der Waals surface area contributed by atoms with Crippen LogP contribution < -0.4 is 0 Å². The van der Waals surface area contributed by atoms with E-state index >= 15 is 0 Å². The van der Waals surface area contributed by atoms with Gasteiger partial charge in [-0.15, -0.1) is 0 Å². The molecule has 0 heterocycles. The van der Waals surface area contributed by atoms with Crippen molar-refractivity contribution in [3.05, 3.63) is 47.5 Å². The SMILES string of the molecule is Fc1[c]c2cccc(F)c2c(F)c1F. The molecule has 0 aliphatic carbocycles. The first-order chi connectivity index (χ1) is 6.61. The van der Waals surface area contributed by atoms with Crippen LogP contribution in [-0.4, -0.2) is 0 Å². The van der Waals surface area contributed by atoms with Gasteiger partial charge >= 0.3 is 0 Å². The van der Waals surface area contributed by atoms with E-state index in [1.807, 2.05) is 6.07 Å². The highest BCUT2D eigenvalue weighted by Crippen LogP contribution is 2.24. The van der Waals surface area contributed by atoms with Crippen LogP contribution in [-0.2, 0) is 0 Å². The van der Waals surface area contributed by atoms with Crippen molar-refractivity contribution in [1.29, 1.82) is 0 Å². The molecular formula is C10H3F4. The zero-order valence-corrected chi connectivity index (χ0v) is 6.74. The first-order valence-electron chi connectivity index (χ1n) is 3.75. The molecule has 0 saturated heterocycles. The van der Waals surface area contributed by atoms with Crippen molar-refractivity contribution in [2.45, 2.75) is 0 Å². The fraction of sp³-hybridized carbons (Fsp3) is 0. The highest BCUT2D eigenvalue weighted by Gasteiger charge is 2.16. The first kappa shape index (κ1) is 8.99. The average Bonchev–Trinajstić information content (AvgIpc) is 2.14. The van der Waals surface area contributed by atoms with Gasteiger partial charge in [-0.3, -0.25) is 0 Å². The van der Waals surface area contributed by atoms with E-state index < -0.39 is 28.7 Å². The van der Waals surface area contributed by atoms with Crippen molar-refractivity contribution in [3.63, 3.8) is 0 Å². The first-order valence-corrected chi connectivity index (χ1v) is 3.75. The molecule has 0 aliphatic rings. The lowest BCUT2D eigenvalue weighted by molar-refractivity contribution is 0.450. The van der Waals surface area contributed by atoms with Crippen LogP contribution in [0.3, 0.4) is 0 Å². The van der Waals surface area contributed by atoms with Gasteiger partial charge < -0.3 is 0 Å². The van der Waals surface area contributed by atoms with E-state index in [2.05, 4.69) is 0 Å². The topological polar surface area (TPSA) is 0 Å². The lowest BCUT2D eigenvalue weighted by Crippen LogP contribution is -1.94. The predicted molar refractivity (Wildman–Crippen MR) is 42.6 cm³/mol. The minimum absolute atomic E-state index is 0.124. The number of fused-ring (bicyclic) bond motifs is 1.